The fourth-order valence-electron chi connectivity index (χ4n) is 1.43. The molecule has 0 radical (unpaired) electrons. The van der Waals surface area contributed by atoms with Crippen LogP contribution in [0.3, 0.4) is 0 Å². The van der Waals surface area contributed by atoms with Crippen LogP contribution in [0.2, 0.25) is 0 Å². The highest BCUT2D eigenvalue weighted by atomic mass is 79.9. The molecule has 0 aromatic carbocycles. The van der Waals surface area contributed by atoms with Gasteiger partial charge in [-0.3, -0.25) is 0 Å². The molecule has 17 heavy (non-hydrogen) atoms. The quantitative estimate of drug-likeness (QED) is 0.841. The van der Waals surface area contributed by atoms with Gasteiger partial charge in [-0.1, -0.05) is 0 Å². The van der Waals surface area contributed by atoms with Gasteiger partial charge in [0.05, 0.1) is 4.47 Å². The van der Waals surface area contributed by atoms with Crippen molar-refractivity contribution in [3.05, 3.63) is 22.3 Å². The smallest absolute Gasteiger partial charge is 0.344 e. The molecule has 0 aliphatic carbocycles. The summed E-state index contributed by atoms with van der Waals surface area (Å²) in [7, 11) is 0. The molecule has 0 spiro atoms. The molecule has 0 saturated carbocycles. The first-order valence-electron chi connectivity index (χ1n) is 5.16. The number of alkyl halides is 3. The van der Waals surface area contributed by atoms with Crippen LogP contribution in [0.4, 0.5) is 19.0 Å². The molecule has 1 aromatic rings. The third-order valence-electron chi connectivity index (χ3n) is 2.20. The van der Waals surface area contributed by atoms with Crippen LogP contribution in [-0.4, -0.2) is 23.7 Å². The topological polar surface area (TPSA) is 16.1 Å². The molecule has 0 saturated heterocycles. The number of anilines is 1. The molecule has 0 N–H and O–H groups in total. The SMILES string of the molecule is Cc1cnc(N(CC(F)(F)F)C(C)C)c(Br)c1. The number of rotatable bonds is 3. The molecular formula is C11H14BrF3N2. The monoisotopic (exact) mass is 310 g/mol. The first kappa shape index (κ1) is 14.3. The van der Waals surface area contributed by atoms with Gasteiger partial charge < -0.3 is 4.90 Å². The lowest BCUT2D eigenvalue weighted by molar-refractivity contribution is -0.120. The summed E-state index contributed by atoms with van der Waals surface area (Å²) < 4.78 is 38.0. The Hall–Kier alpha value is -0.780. The van der Waals surface area contributed by atoms with Gasteiger partial charge in [0.15, 0.2) is 0 Å². The molecule has 1 aromatic heterocycles. The summed E-state index contributed by atoms with van der Waals surface area (Å²) in [5.41, 5.74) is 0.899. The van der Waals surface area contributed by atoms with Crippen molar-refractivity contribution in [3.63, 3.8) is 0 Å². The largest absolute Gasteiger partial charge is 0.405 e. The van der Waals surface area contributed by atoms with Crippen molar-refractivity contribution in [3.8, 4) is 0 Å². The molecule has 0 bridgehead atoms. The molecule has 0 aliphatic heterocycles. The van der Waals surface area contributed by atoms with Gasteiger partial charge in [0.1, 0.15) is 12.4 Å². The molecule has 6 heteroatoms. The predicted octanol–water partition coefficient (Wildman–Crippen LogP) is 3.93. The van der Waals surface area contributed by atoms with Crippen molar-refractivity contribution in [1.82, 2.24) is 4.98 Å². The number of halogens is 4. The summed E-state index contributed by atoms with van der Waals surface area (Å²) in [5, 5.41) is 0. The summed E-state index contributed by atoms with van der Waals surface area (Å²) in [6.45, 7) is 4.25. The standard InChI is InChI=1S/C11H14BrF3N2/c1-7(2)17(6-11(13,14)15)10-9(12)4-8(3)5-16-10/h4-5,7H,6H2,1-3H3. The van der Waals surface area contributed by atoms with E-state index < -0.39 is 12.7 Å². The van der Waals surface area contributed by atoms with Crippen LogP contribution < -0.4 is 4.90 Å². The average Bonchev–Trinajstić information content (AvgIpc) is 2.13. The molecule has 1 rings (SSSR count). The highest BCUT2D eigenvalue weighted by Crippen LogP contribution is 2.29. The Morgan fingerprint density at radius 3 is 2.41 bits per heavy atom. The van der Waals surface area contributed by atoms with Crippen LogP contribution in [0.1, 0.15) is 19.4 Å². The fourth-order valence-corrected chi connectivity index (χ4v) is 2.12. The highest BCUT2D eigenvalue weighted by molar-refractivity contribution is 9.10. The minimum absolute atomic E-state index is 0.275. The molecular weight excluding hydrogens is 297 g/mol. The van der Waals surface area contributed by atoms with E-state index in [2.05, 4.69) is 20.9 Å². The number of hydrogen-bond donors (Lipinski definition) is 0. The van der Waals surface area contributed by atoms with Crippen LogP contribution in [0, 0.1) is 6.92 Å². The Morgan fingerprint density at radius 1 is 1.41 bits per heavy atom. The lowest BCUT2D eigenvalue weighted by Gasteiger charge is -2.29. The van der Waals surface area contributed by atoms with Gasteiger partial charge in [-0.05, 0) is 48.3 Å². The van der Waals surface area contributed by atoms with Gasteiger partial charge in [0.2, 0.25) is 0 Å². The Balaban J connectivity index is 3.06. The third kappa shape index (κ3) is 4.18. The Bertz CT molecular complexity index is 391. The maximum absolute atomic E-state index is 12.5. The number of nitrogens with zero attached hydrogens (tertiary/aromatic N) is 2. The molecule has 0 aliphatic rings. The van der Waals surface area contributed by atoms with Crippen molar-refractivity contribution < 1.29 is 13.2 Å². The molecule has 0 amide bonds. The lowest BCUT2D eigenvalue weighted by atomic mass is 10.2. The van der Waals surface area contributed by atoms with Crippen LogP contribution in [0.5, 0.6) is 0 Å². The molecule has 2 nitrogen and oxygen atoms in total. The van der Waals surface area contributed by atoms with Crippen molar-refractivity contribution in [2.24, 2.45) is 0 Å². The van der Waals surface area contributed by atoms with Crippen molar-refractivity contribution in [2.45, 2.75) is 33.0 Å². The second kappa shape index (κ2) is 5.25. The highest BCUT2D eigenvalue weighted by Gasteiger charge is 2.33. The summed E-state index contributed by atoms with van der Waals surface area (Å²) in [6, 6.07) is 1.48. The van der Waals surface area contributed by atoms with Gasteiger partial charge >= 0.3 is 6.18 Å². The second-order valence-corrected chi connectivity index (χ2v) is 5.01. The van der Waals surface area contributed by atoms with E-state index in [4.69, 9.17) is 0 Å². The third-order valence-corrected chi connectivity index (χ3v) is 2.79. The zero-order chi connectivity index (χ0) is 13.2. The van der Waals surface area contributed by atoms with Gasteiger partial charge in [-0.15, -0.1) is 0 Å². The fraction of sp³-hybridized carbons (Fsp3) is 0.545. The van der Waals surface area contributed by atoms with Gasteiger partial charge in [-0.25, -0.2) is 4.98 Å². The van der Waals surface area contributed by atoms with E-state index in [0.717, 1.165) is 5.56 Å². The molecule has 96 valence electrons. The normalized spacial score (nSPS) is 12.0. The zero-order valence-electron chi connectivity index (χ0n) is 9.85. The second-order valence-electron chi connectivity index (χ2n) is 4.15. The van der Waals surface area contributed by atoms with Crippen molar-refractivity contribution in [2.75, 3.05) is 11.4 Å². The molecule has 1 heterocycles. The van der Waals surface area contributed by atoms with Crippen LogP contribution in [0.25, 0.3) is 0 Å². The van der Waals surface area contributed by atoms with Gasteiger partial charge in [0.25, 0.3) is 0 Å². The van der Waals surface area contributed by atoms with E-state index in [1.54, 1.807) is 26.1 Å². The Morgan fingerprint density at radius 2 is 2.00 bits per heavy atom. The molecule has 0 atom stereocenters. The minimum atomic E-state index is -4.24. The van der Waals surface area contributed by atoms with Gasteiger partial charge in [-0.2, -0.15) is 13.2 Å². The van der Waals surface area contributed by atoms with Crippen LogP contribution in [0.15, 0.2) is 16.7 Å². The van der Waals surface area contributed by atoms with Gasteiger partial charge in [0, 0.05) is 12.2 Å². The van der Waals surface area contributed by atoms with E-state index in [-0.39, 0.29) is 6.04 Å². The first-order valence-corrected chi connectivity index (χ1v) is 5.95. The molecule has 0 fully saturated rings. The number of aryl methyl sites for hydroxylation is 1. The Labute approximate surface area is 107 Å². The van der Waals surface area contributed by atoms with E-state index in [1.807, 2.05) is 6.92 Å². The van der Waals surface area contributed by atoms with E-state index in [0.29, 0.717) is 10.3 Å². The summed E-state index contributed by atoms with van der Waals surface area (Å²) >= 11 is 3.25. The van der Waals surface area contributed by atoms with Crippen molar-refractivity contribution >= 4 is 21.7 Å². The van der Waals surface area contributed by atoms with E-state index in [1.165, 1.54) is 4.90 Å². The Kier molecular flexibility index (Phi) is 4.41. The average molecular weight is 311 g/mol. The van der Waals surface area contributed by atoms with Crippen molar-refractivity contribution in [1.29, 1.82) is 0 Å². The number of hydrogen-bond acceptors (Lipinski definition) is 2. The minimum Gasteiger partial charge on any atom is -0.344 e. The maximum Gasteiger partial charge on any atom is 0.405 e. The summed E-state index contributed by atoms with van der Waals surface area (Å²) in [4.78, 5) is 5.29. The zero-order valence-corrected chi connectivity index (χ0v) is 11.4. The number of aromatic nitrogens is 1. The number of pyridine rings is 1. The lowest BCUT2D eigenvalue weighted by Crippen LogP contribution is -2.39. The summed E-state index contributed by atoms with van der Waals surface area (Å²) in [5.74, 6) is 0.322. The van der Waals surface area contributed by atoms with E-state index in [9.17, 15) is 13.2 Å². The summed E-state index contributed by atoms with van der Waals surface area (Å²) in [6.07, 6.45) is -2.68. The van der Waals surface area contributed by atoms with E-state index >= 15 is 0 Å². The maximum atomic E-state index is 12.5. The predicted molar refractivity (Wildman–Crippen MR) is 65.2 cm³/mol. The van der Waals surface area contributed by atoms with Crippen LogP contribution in [-0.2, 0) is 0 Å². The molecule has 0 unspecified atom stereocenters. The first-order chi connectivity index (χ1) is 7.70. The van der Waals surface area contributed by atoms with Crippen LogP contribution >= 0.6 is 15.9 Å².